The lowest BCUT2D eigenvalue weighted by atomic mass is 10.0. The van der Waals surface area contributed by atoms with Gasteiger partial charge in [-0.05, 0) is 36.8 Å². The Bertz CT molecular complexity index is 1250. The number of ether oxygens (including phenoxy) is 1. The van der Waals surface area contributed by atoms with Gasteiger partial charge in [-0.1, -0.05) is 18.2 Å². The molecular weight excluding hydrogens is 412 g/mol. The number of fused-ring (bicyclic) bond motifs is 1. The van der Waals surface area contributed by atoms with Crippen LogP contribution in [0, 0.1) is 0 Å². The molecule has 1 saturated heterocycles. The van der Waals surface area contributed by atoms with Crippen molar-refractivity contribution in [3.63, 3.8) is 0 Å². The maximum Gasteiger partial charge on any atom is 0.262 e. The largest absolute Gasteiger partial charge is 0.486 e. The first kappa shape index (κ1) is 19.7. The van der Waals surface area contributed by atoms with E-state index in [9.17, 15) is 19.2 Å². The first-order valence-electron chi connectivity index (χ1n) is 10.1. The summed E-state index contributed by atoms with van der Waals surface area (Å²) in [5.41, 5.74) is 1.32. The average Bonchev–Trinajstić information content (AvgIpc) is 3.36. The quantitative estimate of drug-likeness (QED) is 0.619. The van der Waals surface area contributed by atoms with E-state index < -0.39 is 29.7 Å². The van der Waals surface area contributed by atoms with E-state index in [2.05, 4.69) is 10.3 Å². The van der Waals surface area contributed by atoms with Crippen LogP contribution in [0.15, 0.2) is 60.9 Å². The van der Waals surface area contributed by atoms with Crippen LogP contribution in [0.2, 0.25) is 0 Å². The lowest BCUT2D eigenvalue weighted by molar-refractivity contribution is -0.136. The normalized spacial score (nSPS) is 18.0. The number of para-hydroxylation sites is 1. The molecule has 1 fully saturated rings. The third kappa shape index (κ3) is 3.33. The summed E-state index contributed by atoms with van der Waals surface area (Å²) in [6.07, 6.45) is 3.69. The van der Waals surface area contributed by atoms with Crippen molar-refractivity contribution in [1.29, 1.82) is 0 Å². The molecule has 9 nitrogen and oxygen atoms in total. The summed E-state index contributed by atoms with van der Waals surface area (Å²) in [5.74, 6) is -1.10. The number of hydrogen-bond acceptors (Lipinski definition) is 6. The molecule has 0 bridgehead atoms. The van der Waals surface area contributed by atoms with Gasteiger partial charge in [0.25, 0.3) is 11.8 Å². The van der Waals surface area contributed by atoms with Gasteiger partial charge in [0.05, 0.1) is 11.1 Å². The van der Waals surface area contributed by atoms with Crippen molar-refractivity contribution in [3.8, 4) is 11.4 Å². The Morgan fingerprint density at radius 1 is 1.00 bits per heavy atom. The molecule has 32 heavy (non-hydrogen) atoms. The number of carbonyl (C=O) groups is 4. The molecule has 1 N–H and O–H groups in total. The molecule has 1 unspecified atom stereocenters. The first-order valence-corrected chi connectivity index (χ1v) is 10.1. The Morgan fingerprint density at radius 2 is 1.78 bits per heavy atom. The van der Waals surface area contributed by atoms with Crippen LogP contribution in [-0.4, -0.2) is 44.1 Å². The van der Waals surface area contributed by atoms with Crippen LogP contribution in [0.1, 0.15) is 39.4 Å². The molecule has 2 aliphatic rings. The van der Waals surface area contributed by atoms with Gasteiger partial charge < -0.3 is 9.30 Å². The number of rotatable bonds is 5. The van der Waals surface area contributed by atoms with Crippen molar-refractivity contribution in [2.75, 3.05) is 0 Å². The first-order chi connectivity index (χ1) is 15.5. The van der Waals surface area contributed by atoms with Crippen molar-refractivity contribution in [1.82, 2.24) is 19.8 Å². The fourth-order valence-electron chi connectivity index (χ4n) is 3.95. The smallest absolute Gasteiger partial charge is 0.262 e. The predicted molar refractivity (Wildman–Crippen MR) is 111 cm³/mol. The third-order valence-corrected chi connectivity index (χ3v) is 5.53. The monoisotopic (exact) mass is 430 g/mol. The molecule has 3 heterocycles. The number of nitrogens with zero attached hydrogens (tertiary/aromatic N) is 3. The second kappa shape index (κ2) is 7.77. The molecule has 0 aliphatic carbocycles. The predicted octanol–water partition coefficient (Wildman–Crippen LogP) is 1.85. The SMILES string of the molecule is O=C1CCC(N2C(=O)c3ccc(OCc4nccn4-c4ccccc4)cc3C2=O)C(=O)N1. The average molecular weight is 430 g/mol. The highest BCUT2D eigenvalue weighted by Crippen LogP contribution is 2.30. The molecule has 3 aromatic rings. The van der Waals surface area contributed by atoms with E-state index in [4.69, 9.17) is 4.74 Å². The van der Waals surface area contributed by atoms with Crippen molar-refractivity contribution >= 4 is 23.6 Å². The maximum absolute atomic E-state index is 12.9. The standard InChI is InChI=1S/C23H18N4O5/c28-20-9-8-18(21(29)25-20)27-22(30)16-7-6-15(12-17(16)23(27)31)32-13-19-24-10-11-26(19)14-4-2-1-3-5-14/h1-7,10-12,18H,8-9,13H2,(H,25,28,29). The number of amides is 4. The maximum atomic E-state index is 12.9. The van der Waals surface area contributed by atoms with Crippen molar-refractivity contribution < 1.29 is 23.9 Å². The van der Waals surface area contributed by atoms with Crippen LogP contribution in [-0.2, 0) is 16.2 Å². The molecule has 9 heteroatoms. The van der Waals surface area contributed by atoms with Crippen LogP contribution in [0.5, 0.6) is 5.75 Å². The Labute approximate surface area is 182 Å². The number of benzene rings is 2. The molecule has 1 atom stereocenters. The van der Waals surface area contributed by atoms with Crippen LogP contribution in [0.4, 0.5) is 0 Å². The summed E-state index contributed by atoms with van der Waals surface area (Å²) in [5, 5.41) is 2.18. The van der Waals surface area contributed by atoms with E-state index in [1.807, 2.05) is 41.1 Å². The molecule has 160 valence electrons. The molecule has 0 spiro atoms. The molecule has 2 aromatic carbocycles. The number of aromatic nitrogens is 2. The van der Waals surface area contributed by atoms with Gasteiger partial charge >= 0.3 is 0 Å². The number of imide groups is 2. The fraction of sp³-hybridized carbons (Fsp3) is 0.174. The Balaban J connectivity index is 1.34. The zero-order valence-electron chi connectivity index (χ0n) is 16.9. The highest BCUT2D eigenvalue weighted by Gasteiger charge is 2.44. The van der Waals surface area contributed by atoms with Gasteiger partial charge in [0, 0.05) is 24.5 Å². The second-order valence-electron chi connectivity index (χ2n) is 7.49. The van der Waals surface area contributed by atoms with Gasteiger partial charge in [0.15, 0.2) is 5.82 Å². The summed E-state index contributed by atoms with van der Waals surface area (Å²) < 4.78 is 7.74. The molecule has 2 aliphatic heterocycles. The third-order valence-electron chi connectivity index (χ3n) is 5.53. The van der Waals surface area contributed by atoms with E-state index in [-0.39, 0.29) is 30.6 Å². The minimum absolute atomic E-state index is 0.0756. The Kier molecular flexibility index (Phi) is 4.78. The summed E-state index contributed by atoms with van der Waals surface area (Å²) in [6, 6.07) is 13.3. The Hall–Kier alpha value is -4.27. The zero-order valence-corrected chi connectivity index (χ0v) is 16.9. The zero-order chi connectivity index (χ0) is 22.2. The summed E-state index contributed by atoms with van der Waals surface area (Å²) >= 11 is 0. The van der Waals surface area contributed by atoms with Crippen LogP contribution in [0.3, 0.4) is 0 Å². The lowest BCUT2D eigenvalue weighted by Crippen LogP contribution is -2.54. The Morgan fingerprint density at radius 3 is 2.56 bits per heavy atom. The van der Waals surface area contributed by atoms with Gasteiger partial charge in [0.2, 0.25) is 11.8 Å². The summed E-state index contributed by atoms with van der Waals surface area (Å²) in [7, 11) is 0. The number of imidazole rings is 1. The number of piperidine rings is 1. The van der Waals surface area contributed by atoms with E-state index in [1.165, 1.54) is 12.1 Å². The van der Waals surface area contributed by atoms with E-state index >= 15 is 0 Å². The van der Waals surface area contributed by atoms with Crippen LogP contribution in [0.25, 0.3) is 5.69 Å². The van der Waals surface area contributed by atoms with Crippen LogP contribution < -0.4 is 10.1 Å². The molecule has 1 aromatic heterocycles. The van der Waals surface area contributed by atoms with Gasteiger partial charge in [-0.3, -0.25) is 29.4 Å². The van der Waals surface area contributed by atoms with Gasteiger partial charge in [-0.15, -0.1) is 0 Å². The van der Waals surface area contributed by atoms with Crippen LogP contribution >= 0.6 is 0 Å². The van der Waals surface area contributed by atoms with Crippen molar-refractivity contribution in [2.24, 2.45) is 0 Å². The number of hydrogen-bond donors (Lipinski definition) is 1. The van der Waals surface area contributed by atoms with Gasteiger partial charge in [0.1, 0.15) is 18.4 Å². The molecular formula is C23H18N4O5. The van der Waals surface area contributed by atoms with Crippen molar-refractivity contribution in [2.45, 2.75) is 25.5 Å². The van der Waals surface area contributed by atoms with Gasteiger partial charge in [-0.25, -0.2) is 4.98 Å². The lowest BCUT2D eigenvalue weighted by Gasteiger charge is -2.27. The highest BCUT2D eigenvalue weighted by molar-refractivity contribution is 6.23. The van der Waals surface area contributed by atoms with Crippen molar-refractivity contribution in [3.05, 3.63) is 77.9 Å². The molecule has 5 rings (SSSR count). The molecule has 4 amide bonds. The molecule has 0 saturated carbocycles. The topological polar surface area (TPSA) is 111 Å². The minimum atomic E-state index is -0.997. The summed E-state index contributed by atoms with van der Waals surface area (Å²) in [6.45, 7) is 0.152. The van der Waals surface area contributed by atoms with E-state index in [0.29, 0.717) is 11.6 Å². The fourth-order valence-corrected chi connectivity index (χ4v) is 3.95. The second-order valence-corrected chi connectivity index (χ2v) is 7.49. The summed E-state index contributed by atoms with van der Waals surface area (Å²) in [4.78, 5) is 54.5. The minimum Gasteiger partial charge on any atom is -0.486 e. The highest BCUT2D eigenvalue weighted by atomic mass is 16.5. The molecule has 0 radical (unpaired) electrons. The van der Waals surface area contributed by atoms with E-state index in [0.717, 1.165) is 10.6 Å². The number of nitrogens with one attached hydrogen (secondary N) is 1. The van der Waals surface area contributed by atoms with Gasteiger partial charge in [-0.2, -0.15) is 0 Å². The van der Waals surface area contributed by atoms with E-state index in [1.54, 1.807) is 12.3 Å². The number of carbonyl (C=O) groups excluding carboxylic acids is 4.